The van der Waals surface area contributed by atoms with Gasteiger partial charge in [0, 0.05) is 25.0 Å². The van der Waals surface area contributed by atoms with E-state index in [9.17, 15) is 4.79 Å². The Kier molecular flexibility index (Phi) is 6.42. The number of carbonyl (C=O) groups excluding carboxylic acids is 1. The number of ether oxygens (including phenoxy) is 1. The molecule has 2 rings (SSSR count). The molecule has 0 N–H and O–H groups in total. The Morgan fingerprint density at radius 2 is 1.82 bits per heavy atom. The van der Waals surface area contributed by atoms with Crippen LogP contribution >= 0.6 is 0 Å². The van der Waals surface area contributed by atoms with Crippen LogP contribution in [0, 0.1) is 0 Å². The van der Waals surface area contributed by atoms with Crippen LogP contribution in [0.3, 0.4) is 0 Å². The van der Waals surface area contributed by atoms with Crippen LogP contribution in [0.2, 0.25) is 0 Å². The number of nitrogens with zero attached hydrogens (tertiary/aromatic N) is 1. The summed E-state index contributed by atoms with van der Waals surface area (Å²) in [6.07, 6.45) is 0.848. The summed E-state index contributed by atoms with van der Waals surface area (Å²) in [6.45, 7) is 8.57. The van der Waals surface area contributed by atoms with Gasteiger partial charge in [-0.2, -0.15) is 4.58 Å². The van der Waals surface area contributed by atoms with Crippen molar-refractivity contribution in [2.24, 2.45) is 0 Å². The van der Waals surface area contributed by atoms with Gasteiger partial charge in [-0.3, -0.25) is 4.79 Å². The van der Waals surface area contributed by atoms with E-state index in [4.69, 9.17) is 17.4 Å². The van der Waals surface area contributed by atoms with Gasteiger partial charge in [0.15, 0.2) is 12.3 Å². The Balaban J connectivity index is 0.000000541. The third-order valence-corrected chi connectivity index (χ3v) is 3.89. The van der Waals surface area contributed by atoms with Crippen molar-refractivity contribution in [1.82, 2.24) is 0 Å². The van der Waals surface area contributed by atoms with Gasteiger partial charge in [-0.1, -0.05) is 18.2 Å². The molecule has 0 radical (unpaired) electrons. The van der Waals surface area contributed by atoms with E-state index in [1.54, 1.807) is 0 Å². The summed E-state index contributed by atoms with van der Waals surface area (Å²) in [4.78, 5) is 10.1. The molecule has 0 atom stereocenters. The van der Waals surface area contributed by atoms with Gasteiger partial charge in [-0.25, -0.2) is 0 Å². The molecule has 0 aromatic heterocycles. The average Bonchev–Trinajstić information content (AvgIpc) is 2.64. The molecule has 7 heteroatoms. The van der Waals surface area contributed by atoms with Crippen molar-refractivity contribution in [2.75, 3.05) is 13.2 Å². The molecule has 6 nitrogen and oxygen atoms in total. The van der Waals surface area contributed by atoms with Crippen LogP contribution in [0.5, 0.6) is 0 Å². The van der Waals surface area contributed by atoms with Crippen LogP contribution in [0.15, 0.2) is 24.3 Å². The molecule has 1 heterocycles. The number of hydrogen-bond acceptors (Lipinski definition) is 5. The minimum Gasteiger partial charge on any atom is -0.468 e. The maximum absolute atomic E-state index is 10.1. The maximum Gasteiger partial charge on any atom is 0.425 e. The molecule has 0 spiro atoms. The molecule has 1 aromatic rings. The van der Waals surface area contributed by atoms with Crippen molar-refractivity contribution >= 4 is 28.5 Å². The molecule has 22 heavy (non-hydrogen) atoms. The van der Waals surface area contributed by atoms with E-state index in [1.807, 2.05) is 0 Å². The molecule has 120 valence electrons. The van der Waals surface area contributed by atoms with E-state index in [-0.39, 0.29) is 5.41 Å². The van der Waals surface area contributed by atoms with E-state index in [0.717, 1.165) is 13.0 Å². The highest BCUT2D eigenvalue weighted by Crippen LogP contribution is 2.39. The first-order valence-corrected chi connectivity index (χ1v) is 7.85. The highest BCUT2D eigenvalue weighted by Gasteiger charge is 2.42. The summed E-state index contributed by atoms with van der Waals surface area (Å²) in [6, 6.07) is 8.52. The van der Waals surface area contributed by atoms with Crippen molar-refractivity contribution < 1.29 is 26.7 Å². The van der Waals surface area contributed by atoms with Crippen LogP contribution in [-0.2, 0) is 25.6 Å². The van der Waals surface area contributed by atoms with Gasteiger partial charge in [0.05, 0.1) is 12.0 Å². The van der Waals surface area contributed by atoms with Crippen LogP contribution in [0.25, 0.3) is 0 Å². The molecule has 0 aliphatic carbocycles. The fourth-order valence-electron chi connectivity index (χ4n) is 2.59. The number of rotatable bonds is 5. The van der Waals surface area contributed by atoms with E-state index in [2.05, 4.69) is 49.6 Å². The summed E-state index contributed by atoms with van der Waals surface area (Å²) in [5.74, 6) is 0. The van der Waals surface area contributed by atoms with Crippen molar-refractivity contribution in [3.8, 4) is 0 Å². The Hall–Kier alpha value is -2.02. The molecular formula is C15H20NO5S+. The maximum atomic E-state index is 10.1. The largest absolute Gasteiger partial charge is 0.468 e. The Bertz CT molecular complexity index is 670. The predicted molar refractivity (Wildman–Crippen MR) is 81.3 cm³/mol. The van der Waals surface area contributed by atoms with Gasteiger partial charge in [-0.15, -0.1) is 12.6 Å². The molecule has 1 aromatic carbocycles. The fourth-order valence-corrected chi connectivity index (χ4v) is 2.59. The molecule has 0 fully saturated rings. The second-order valence-corrected chi connectivity index (χ2v) is 5.81. The Labute approximate surface area is 131 Å². The lowest BCUT2D eigenvalue weighted by molar-refractivity contribution is -0.440. The van der Waals surface area contributed by atoms with Gasteiger partial charge in [0.2, 0.25) is 5.69 Å². The van der Waals surface area contributed by atoms with E-state index >= 15 is 0 Å². The van der Waals surface area contributed by atoms with E-state index in [1.165, 1.54) is 17.0 Å². The number of para-hydroxylation sites is 1. The molecule has 1 aliphatic rings. The summed E-state index contributed by atoms with van der Waals surface area (Å²) in [5, 5.41) is 0. The first kappa shape index (κ1) is 18.0. The summed E-state index contributed by atoms with van der Waals surface area (Å²) < 4.78 is 32.4. The second-order valence-electron chi connectivity index (χ2n) is 5.40. The van der Waals surface area contributed by atoms with E-state index < -0.39 is 10.6 Å². The summed E-state index contributed by atoms with van der Waals surface area (Å²) >= 11 is 0. The van der Waals surface area contributed by atoms with Crippen LogP contribution in [0.4, 0.5) is 5.69 Å². The molecule has 1 aliphatic heterocycles. The smallest absolute Gasteiger partial charge is 0.425 e. The molecule has 0 saturated carbocycles. The average molecular weight is 326 g/mol. The van der Waals surface area contributed by atoms with Crippen molar-refractivity contribution in [3.05, 3.63) is 29.8 Å². The minimum atomic E-state index is -3.11. The molecule has 0 bridgehead atoms. The molecule has 0 amide bonds. The van der Waals surface area contributed by atoms with Gasteiger partial charge < -0.3 is 4.74 Å². The van der Waals surface area contributed by atoms with Crippen molar-refractivity contribution in [1.29, 1.82) is 0 Å². The number of hydrogen-bond donors (Lipinski definition) is 0. The topological polar surface area (TPSA) is 80.5 Å². The Morgan fingerprint density at radius 3 is 2.41 bits per heavy atom. The normalized spacial score (nSPS) is 14.7. The van der Waals surface area contributed by atoms with E-state index in [0.29, 0.717) is 13.1 Å². The number of fused-ring (bicyclic) bond motifs is 1. The third-order valence-electron chi connectivity index (χ3n) is 3.89. The van der Waals surface area contributed by atoms with Gasteiger partial charge >= 0.3 is 10.6 Å². The van der Waals surface area contributed by atoms with Gasteiger partial charge in [0.25, 0.3) is 6.47 Å². The van der Waals surface area contributed by atoms with Crippen LogP contribution in [-0.4, -0.2) is 42.5 Å². The summed E-state index contributed by atoms with van der Waals surface area (Å²) in [7, 11) is -3.11. The minimum absolute atomic E-state index is 0.0854. The first-order valence-electron chi connectivity index (χ1n) is 6.85. The predicted octanol–water partition coefficient (Wildman–Crippen LogP) is 1.64. The van der Waals surface area contributed by atoms with Gasteiger partial charge in [0.1, 0.15) is 0 Å². The lowest BCUT2D eigenvalue weighted by Gasteiger charge is -2.14. The first-order chi connectivity index (χ1) is 10.3. The van der Waals surface area contributed by atoms with Crippen LogP contribution in [0.1, 0.15) is 32.8 Å². The monoisotopic (exact) mass is 326 g/mol. The SMILES string of the molecule is CC1=[N+](CCCOC=O)c2ccccc2C1(C)C.O=S(=O)=O. The number of carbonyl (C=O) groups is 1. The van der Waals surface area contributed by atoms with Crippen molar-refractivity contribution in [3.63, 3.8) is 0 Å². The van der Waals surface area contributed by atoms with Crippen LogP contribution < -0.4 is 0 Å². The fraction of sp³-hybridized carbons (Fsp3) is 0.467. The number of benzene rings is 1. The molecule has 0 unspecified atom stereocenters. The molecule has 0 saturated heterocycles. The lowest BCUT2D eigenvalue weighted by atomic mass is 9.82. The Morgan fingerprint density at radius 1 is 1.23 bits per heavy atom. The highest BCUT2D eigenvalue weighted by atomic mass is 32.2. The molecular weight excluding hydrogens is 306 g/mol. The van der Waals surface area contributed by atoms with Crippen molar-refractivity contribution in [2.45, 2.75) is 32.6 Å². The summed E-state index contributed by atoms with van der Waals surface area (Å²) in [5.41, 5.74) is 4.10. The lowest BCUT2D eigenvalue weighted by Crippen LogP contribution is -2.26. The zero-order chi connectivity index (χ0) is 16.8. The third kappa shape index (κ3) is 4.24. The van der Waals surface area contributed by atoms with Gasteiger partial charge in [-0.05, 0) is 13.8 Å². The zero-order valence-corrected chi connectivity index (χ0v) is 13.7. The highest BCUT2D eigenvalue weighted by molar-refractivity contribution is 7.59. The standard InChI is InChI=1S/C15H20NO2.O3S/c1-12-15(2,3)13-7-4-5-8-14(13)16(12)9-6-10-18-11-17;1-4(2)3/h4-5,7-8,11H,6,9-10H2,1-3H3;/q+1;. The zero-order valence-electron chi connectivity index (χ0n) is 12.9. The quantitative estimate of drug-likeness (QED) is 0.467. The second kappa shape index (κ2) is 7.84.